The van der Waals surface area contributed by atoms with Gasteiger partial charge in [0, 0.05) is 53.0 Å². The van der Waals surface area contributed by atoms with E-state index in [1.807, 2.05) is 127 Å². The Balaban J connectivity index is 1.18. The first kappa shape index (κ1) is 38.0. The quantitative estimate of drug-likeness (QED) is 0.151. The molecule has 0 bridgehead atoms. The second-order valence-electron chi connectivity index (χ2n) is 14.1. The molecular formula is C51H27N9S2. The molecule has 62 heavy (non-hydrogen) atoms. The Morgan fingerprint density at radius 3 is 1.34 bits per heavy atom. The van der Waals surface area contributed by atoms with Crippen molar-refractivity contribution in [3.8, 4) is 97.7 Å². The smallest absolute Gasteiger partial charge is 0.164 e. The zero-order valence-corrected chi connectivity index (χ0v) is 34.1. The van der Waals surface area contributed by atoms with Gasteiger partial charge in [-0.25, -0.2) is 29.9 Å². The summed E-state index contributed by atoms with van der Waals surface area (Å²) < 4.78 is 0. The average molecular weight is 830 g/mol. The van der Waals surface area contributed by atoms with Gasteiger partial charge in [-0.3, -0.25) is 0 Å². The van der Waals surface area contributed by atoms with Crippen LogP contribution in [0.5, 0.6) is 0 Å². The normalized spacial score (nSPS) is 11.4. The summed E-state index contributed by atoms with van der Waals surface area (Å²) in [6, 6.07) is 59.1. The molecular weight excluding hydrogens is 803 g/mol. The van der Waals surface area contributed by atoms with Crippen molar-refractivity contribution in [1.82, 2.24) is 29.9 Å². The molecule has 0 spiro atoms. The summed E-state index contributed by atoms with van der Waals surface area (Å²) in [4.78, 5) is 33.9. The van der Waals surface area contributed by atoms with Crippen LogP contribution in [-0.2, 0) is 0 Å². The first-order chi connectivity index (χ1) is 30.5. The summed E-state index contributed by atoms with van der Waals surface area (Å²) in [5.74, 6) is 2.92. The molecule has 1 aliphatic heterocycles. The first-order valence-corrected chi connectivity index (χ1v) is 21.0. The van der Waals surface area contributed by atoms with E-state index in [9.17, 15) is 15.8 Å². The molecule has 3 heterocycles. The monoisotopic (exact) mass is 829 g/mol. The van der Waals surface area contributed by atoms with E-state index >= 15 is 0 Å². The van der Waals surface area contributed by atoms with E-state index in [4.69, 9.17) is 29.9 Å². The van der Waals surface area contributed by atoms with E-state index in [0.29, 0.717) is 57.2 Å². The maximum Gasteiger partial charge on any atom is 0.164 e. The standard InChI is InChI=1S/C51H27N9S2/c52-28-31-16-18-36(19-17-31)49-55-46(33-10-4-1-5-11-33)57-50(58-49)38-20-22-40(37-21-23-42-43(27-37)62-45-39(30-54)24-32(29-53)25-44(45)61-42)41(26-38)51-59-47(34-12-6-2-7-13-34)56-48(60-51)35-14-8-3-9-15-35/h1-27H. The molecule has 288 valence electrons. The van der Waals surface area contributed by atoms with Crippen molar-refractivity contribution < 1.29 is 0 Å². The van der Waals surface area contributed by atoms with Crippen molar-refractivity contribution in [2.75, 3.05) is 0 Å². The van der Waals surface area contributed by atoms with E-state index in [0.717, 1.165) is 58.5 Å². The largest absolute Gasteiger partial charge is 0.208 e. The highest BCUT2D eigenvalue weighted by molar-refractivity contribution is 8.05. The summed E-state index contributed by atoms with van der Waals surface area (Å²) >= 11 is 3.08. The van der Waals surface area contributed by atoms with Gasteiger partial charge in [0.1, 0.15) is 6.07 Å². The van der Waals surface area contributed by atoms with E-state index in [1.54, 1.807) is 30.0 Å². The highest BCUT2D eigenvalue weighted by Gasteiger charge is 2.24. The fourth-order valence-electron chi connectivity index (χ4n) is 7.09. The number of fused-ring (bicyclic) bond motifs is 2. The highest BCUT2D eigenvalue weighted by Crippen LogP contribution is 2.51. The summed E-state index contributed by atoms with van der Waals surface area (Å²) in [5, 5.41) is 29.2. The van der Waals surface area contributed by atoms with Crippen LogP contribution in [0.15, 0.2) is 183 Å². The second-order valence-corrected chi connectivity index (χ2v) is 16.2. The van der Waals surface area contributed by atoms with Gasteiger partial charge in [-0.05, 0) is 65.7 Å². The van der Waals surface area contributed by atoms with Crippen LogP contribution < -0.4 is 0 Å². The lowest BCUT2D eigenvalue weighted by molar-refractivity contribution is 1.07. The SMILES string of the molecule is N#Cc1ccc(-c2nc(-c3ccccc3)nc(-c3ccc(-c4ccc5c(c4)Sc4c(C#N)cc(C#N)cc4S5)c(-c4nc(-c5ccccc5)nc(-c5ccccc5)n4)c3)n2)cc1. The van der Waals surface area contributed by atoms with Gasteiger partial charge < -0.3 is 0 Å². The average Bonchev–Trinajstić information content (AvgIpc) is 3.35. The lowest BCUT2D eigenvalue weighted by Crippen LogP contribution is -2.03. The Kier molecular flexibility index (Phi) is 10.0. The molecule has 0 N–H and O–H groups in total. The van der Waals surface area contributed by atoms with Gasteiger partial charge in [-0.15, -0.1) is 0 Å². The summed E-state index contributed by atoms with van der Waals surface area (Å²) in [6.07, 6.45) is 0. The molecule has 0 aliphatic carbocycles. The molecule has 0 radical (unpaired) electrons. The van der Waals surface area contributed by atoms with Gasteiger partial charge in [0.2, 0.25) is 0 Å². The van der Waals surface area contributed by atoms with Crippen LogP contribution in [-0.4, -0.2) is 29.9 Å². The second kappa shape index (κ2) is 16.4. The van der Waals surface area contributed by atoms with Crippen LogP contribution in [0.1, 0.15) is 16.7 Å². The maximum atomic E-state index is 10.0. The van der Waals surface area contributed by atoms with Crippen molar-refractivity contribution in [2.24, 2.45) is 0 Å². The summed E-state index contributed by atoms with van der Waals surface area (Å²) in [5.41, 5.74) is 7.94. The van der Waals surface area contributed by atoms with Crippen molar-refractivity contribution >= 4 is 23.5 Å². The number of hydrogen-bond donors (Lipinski definition) is 0. The minimum absolute atomic E-state index is 0.446. The summed E-state index contributed by atoms with van der Waals surface area (Å²) in [7, 11) is 0. The zero-order chi connectivity index (χ0) is 42.0. The molecule has 0 atom stereocenters. The third kappa shape index (κ3) is 7.44. The molecule has 0 saturated heterocycles. The lowest BCUT2D eigenvalue weighted by atomic mass is 9.96. The molecule has 0 saturated carbocycles. The van der Waals surface area contributed by atoms with Crippen molar-refractivity contribution in [3.05, 3.63) is 180 Å². The third-order valence-corrected chi connectivity index (χ3v) is 12.7. The number of nitrogens with zero attached hydrogens (tertiary/aromatic N) is 9. The Morgan fingerprint density at radius 1 is 0.323 bits per heavy atom. The Labute approximate surface area is 365 Å². The van der Waals surface area contributed by atoms with Gasteiger partial charge >= 0.3 is 0 Å². The minimum Gasteiger partial charge on any atom is -0.208 e. The third-order valence-electron chi connectivity index (χ3n) is 10.1. The Hall–Kier alpha value is -8.27. The Morgan fingerprint density at radius 2 is 0.806 bits per heavy atom. The summed E-state index contributed by atoms with van der Waals surface area (Å²) in [6.45, 7) is 0. The van der Waals surface area contributed by atoms with Gasteiger partial charge in [-0.1, -0.05) is 133 Å². The highest BCUT2D eigenvalue weighted by atomic mass is 32.2. The number of hydrogen-bond acceptors (Lipinski definition) is 11. The van der Waals surface area contributed by atoms with Crippen LogP contribution in [0.3, 0.4) is 0 Å². The van der Waals surface area contributed by atoms with Crippen LogP contribution in [0.2, 0.25) is 0 Å². The number of nitriles is 3. The number of aromatic nitrogens is 6. The lowest BCUT2D eigenvalue weighted by Gasteiger charge is -2.21. The van der Waals surface area contributed by atoms with Gasteiger partial charge in [-0.2, -0.15) is 15.8 Å². The van der Waals surface area contributed by atoms with E-state index in [1.165, 1.54) is 11.8 Å². The van der Waals surface area contributed by atoms with Crippen LogP contribution in [0.4, 0.5) is 0 Å². The molecule has 7 aromatic carbocycles. The molecule has 2 aromatic heterocycles. The van der Waals surface area contributed by atoms with Crippen molar-refractivity contribution in [3.63, 3.8) is 0 Å². The first-order valence-electron chi connectivity index (χ1n) is 19.4. The predicted molar refractivity (Wildman–Crippen MR) is 240 cm³/mol. The van der Waals surface area contributed by atoms with E-state index in [-0.39, 0.29) is 0 Å². The van der Waals surface area contributed by atoms with E-state index in [2.05, 4.69) is 36.4 Å². The van der Waals surface area contributed by atoms with Crippen LogP contribution in [0.25, 0.3) is 79.5 Å². The van der Waals surface area contributed by atoms with Crippen LogP contribution >= 0.6 is 23.5 Å². The van der Waals surface area contributed by atoms with Gasteiger partial charge in [0.05, 0.1) is 28.8 Å². The maximum absolute atomic E-state index is 10.0. The minimum atomic E-state index is 0.446. The van der Waals surface area contributed by atoms with Crippen molar-refractivity contribution in [2.45, 2.75) is 19.6 Å². The molecule has 9 nitrogen and oxygen atoms in total. The number of benzene rings is 7. The molecule has 1 aliphatic rings. The molecule has 0 unspecified atom stereocenters. The molecule has 11 heteroatoms. The predicted octanol–water partition coefficient (Wildman–Crippen LogP) is 12.0. The zero-order valence-electron chi connectivity index (χ0n) is 32.4. The topological polar surface area (TPSA) is 149 Å². The molecule has 0 fully saturated rings. The molecule has 9 aromatic rings. The Bertz CT molecular complexity index is 3260. The number of rotatable bonds is 7. The van der Waals surface area contributed by atoms with E-state index < -0.39 is 0 Å². The van der Waals surface area contributed by atoms with Gasteiger partial charge in [0.15, 0.2) is 34.9 Å². The van der Waals surface area contributed by atoms with Crippen molar-refractivity contribution in [1.29, 1.82) is 15.8 Å². The molecule has 0 amide bonds. The van der Waals surface area contributed by atoms with Crippen LogP contribution in [0, 0.1) is 34.0 Å². The fraction of sp³-hybridized carbons (Fsp3) is 0. The fourth-order valence-corrected chi connectivity index (χ4v) is 9.46. The van der Waals surface area contributed by atoms with Gasteiger partial charge in [0.25, 0.3) is 0 Å². The molecule has 10 rings (SSSR count).